The van der Waals surface area contributed by atoms with Gasteiger partial charge >= 0.3 is 10.4 Å². The summed E-state index contributed by atoms with van der Waals surface area (Å²) in [7, 11) is -4.78. The molecule has 5 atom stereocenters. The Bertz CT molecular complexity index is 538. The second-order valence-electron chi connectivity index (χ2n) is 6.09. The molecule has 1 saturated heterocycles. The Labute approximate surface area is 150 Å². The van der Waals surface area contributed by atoms with Crippen molar-refractivity contribution in [3.63, 3.8) is 0 Å². The van der Waals surface area contributed by atoms with Gasteiger partial charge in [0.05, 0.1) is 6.61 Å². The van der Waals surface area contributed by atoms with Gasteiger partial charge in [0.15, 0.2) is 0 Å². The lowest BCUT2D eigenvalue weighted by atomic mass is 10.0. The second-order valence-corrected chi connectivity index (χ2v) is 8.26. The lowest BCUT2D eigenvalue weighted by Gasteiger charge is -2.39. The normalized spacial score (nSPS) is 31.4. The third-order valence-electron chi connectivity index (χ3n) is 3.51. The van der Waals surface area contributed by atoms with E-state index in [4.69, 9.17) is 9.29 Å². The summed E-state index contributed by atoms with van der Waals surface area (Å²) >= 11 is 0.786. The molecule has 0 aromatic rings. The van der Waals surface area contributed by atoms with E-state index in [0.29, 0.717) is 12.3 Å². The maximum absolute atomic E-state index is 10.7. The molecule has 0 aromatic carbocycles. The minimum atomic E-state index is -4.78. The summed E-state index contributed by atoms with van der Waals surface area (Å²) in [5.74, 6) is 0.404. The Balaban J connectivity index is 2.83. The van der Waals surface area contributed by atoms with Gasteiger partial charge in [-0.3, -0.25) is 4.55 Å². The zero-order valence-electron chi connectivity index (χ0n) is 13.9. The zero-order valence-corrected chi connectivity index (χ0v) is 15.6. The van der Waals surface area contributed by atoms with Gasteiger partial charge in [0.1, 0.15) is 34.9 Å². The molecule has 25 heavy (non-hydrogen) atoms. The average Bonchev–Trinajstić information content (AvgIpc) is 2.51. The molecule has 0 aliphatic carbocycles. The molecular formula is C13H25NO9S2. The highest BCUT2D eigenvalue weighted by Gasteiger charge is 2.44. The fraction of sp³-hybridized carbons (Fsp3) is 0.923. The van der Waals surface area contributed by atoms with Crippen LogP contribution in [0.25, 0.3) is 0 Å². The molecule has 1 fully saturated rings. The van der Waals surface area contributed by atoms with Crippen LogP contribution in [-0.4, -0.2) is 74.9 Å². The molecule has 1 rings (SSSR count). The molecule has 148 valence electrons. The average molecular weight is 403 g/mol. The van der Waals surface area contributed by atoms with Crippen LogP contribution in [0.5, 0.6) is 0 Å². The molecule has 0 saturated carbocycles. The minimum Gasteiger partial charge on any atom is -0.394 e. The van der Waals surface area contributed by atoms with Gasteiger partial charge < -0.3 is 25.2 Å². The molecule has 10 nitrogen and oxygen atoms in total. The third-order valence-corrected chi connectivity index (χ3v) is 4.94. The topological polar surface area (TPSA) is 166 Å². The van der Waals surface area contributed by atoms with Gasteiger partial charge in [0.25, 0.3) is 0 Å². The van der Waals surface area contributed by atoms with Crippen LogP contribution < -0.4 is 0 Å². The molecule has 0 aromatic heterocycles. The number of thioether (sulfide) groups is 1. The highest BCUT2D eigenvalue weighted by atomic mass is 32.3. The van der Waals surface area contributed by atoms with Gasteiger partial charge in [-0.15, -0.1) is 0 Å². The lowest BCUT2D eigenvalue weighted by molar-refractivity contribution is -0.205. The Morgan fingerprint density at radius 2 is 1.88 bits per heavy atom. The number of aliphatic hydroxyl groups excluding tert-OH is 4. The van der Waals surface area contributed by atoms with Crippen molar-refractivity contribution in [3.05, 3.63) is 0 Å². The molecule has 5 N–H and O–H groups in total. The number of nitrogens with zero attached hydrogens (tertiary/aromatic N) is 1. The van der Waals surface area contributed by atoms with Crippen LogP contribution in [0.2, 0.25) is 0 Å². The summed E-state index contributed by atoms with van der Waals surface area (Å²) in [6.07, 6.45) is -3.89. The van der Waals surface area contributed by atoms with Gasteiger partial charge in [-0.2, -0.15) is 8.42 Å². The van der Waals surface area contributed by atoms with Crippen LogP contribution in [0.3, 0.4) is 0 Å². The molecule has 0 spiro atoms. The first kappa shape index (κ1) is 22.6. The summed E-state index contributed by atoms with van der Waals surface area (Å²) < 4.78 is 39.4. The summed E-state index contributed by atoms with van der Waals surface area (Å²) in [4.78, 5) is 0. The smallest absolute Gasteiger partial charge is 0.394 e. The second kappa shape index (κ2) is 10.0. The van der Waals surface area contributed by atoms with Crippen molar-refractivity contribution >= 4 is 27.2 Å². The van der Waals surface area contributed by atoms with E-state index in [1.165, 1.54) is 0 Å². The van der Waals surface area contributed by atoms with Crippen molar-refractivity contribution in [1.29, 1.82) is 0 Å². The number of hydrogen-bond donors (Lipinski definition) is 5. The monoisotopic (exact) mass is 403 g/mol. The van der Waals surface area contributed by atoms with Crippen LogP contribution >= 0.6 is 11.8 Å². The van der Waals surface area contributed by atoms with E-state index in [-0.39, 0.29) is 11.5 Å². The zero-order chi connectivity index (χ0) is 19.2. The third kappa shape index (κ3) is 7.74. The molecule has 0 amide bonds. The number of ether oxygens (including phenoxy) is 1. The van der Waals surface area contributed by atoms with E-state index in [0.717, 1.165) is 18.2 Å². The van der Waals surface area contributed by atoms with Gasteiger partial charge in [-0.25, -0.2) is 4.28 Å². The van der Waals surface area contributed by atoms with E-state index in [9.17, 15) is 28.8 Å². The molecule has 0 unspecified atom stereocenters. The van der Waals surface area contributed by atoms with Crippen molar-refractivity contribution in [1.82, 2.24) is 0 Å². The van der Waals surface area contributed by atoms with Crippen LogP contribution in [-0.2, 0) is 19.4 Å². The number of rotatable bonds is 8. The van der Waals surface area contributed by atoms with Gasteiger partial charge in [-0.05, 0) is 18.8 Å². The van der Waals surface area contributed by atoms with E-state index in [2.05, 4.69) is 9.44 Å². The summed E-state index contributed by atoms with van der Waals surface area (Å²) in [6.45, 7) is 3.44. The Morgan fingerprint density at radius 3 is 2.40 bits per heavy atom. The van der Waals surface area contributed by atoms with Gasteiger partial charge in [-0.1, -0.05) is 37.2 Å². The largest absolute Gasteiger partial charge is 0.466 e. The minimum absolute atomic E-state index is 0.114. The quantitative estimate of drug-likeness (QED) is 0.154. The first-order valence-electron chi connectivity index (χ1n) is 7.75. The Morgan fingerprint density at radius 1 is 1.24 bits per heavy atom. The molecule has 12 heteroatoms. The van der Waals surface area contributed by atoms with E-state index in [1.807, 2.05) is 13.8 Å². The van der Waals surface area contributed by atoms with Gasteiger partial charge in [0, 0.05) is 0 Å². The van der Waals surface area contributed by atoms with Crippen molar-refractivity contribution in [2.45, 2.75) is 63.0 Å². The molecule has 0 bridgehead atoms. The maximum Gasteiger partial charge on any atom is 0.466 e. The lowest BCUT2D eigenvalue weighted by Crippen LogP contribution is -2.57. The molecular weight excluding hydrogens is 378 g/mol. The summed E-state index contributed by atoms with van der Waals surface area (Å²) in [5.41, 5.74) is -1.11. The predicted molar refractivity (Wildman–Crippen MR) is 90.1 cm³/mol. The highest BCUT2D eigenvalue weighted by molar-refractivity contribution is 8.14. The summed E-state index contributed by atoms with van der Waals surface area (Å²) in [6, 6.07) is 0. The van der Waals surface area contributed by atoms with Crippen LogP contribution in [0.15, 0.2) is 5.16 Å². The SMILES string of the molecule is CC(C)CCC/C(=N/OS(=O)(=O)O)S[C@H]1O[C@@H](CO)[C@H](O)[C@@H](O)[C@H]1O. The van der Waals surface area contributed by atoms with Crippen molar-refractivity contribution in [2.24, 2.45) is 11.1 Å². The predicted octanol–water partition coefficient (Wildman–Crippen LogP) is -0.521. The van der Waals surface area contributed by atoms with E-state index < -0.39 is 46.9 Å². The van der Waals surface area contributed by atoms with E-state index >= 15 is 0 Å². The summed E-state index contributed by atoms with van der Waals surface area (Å²) in [5, 5.41) is 42.2. The maximum atomic E-state index is 10.7. The number of oxime groups is 1. The fourth-order valence-corrected chi connectivity index (χ4v) is 3.52. The highest BCUT2D eigenvalue weighted by Crippen LogP contribution is 2.30. The number of aliphatic hydroxyl groups is 4. The molecule has 1 aliphatic rings. The Kier molecular flexibility index (Phi) is 9.04. The molecule has 1 aliphatic heterocycles. The van der Waals surface area contributed by atoms with E-state index in [1.54, 1.807) is 0 Å². The first-order valence-corrected chi connectivity index (χ1v) is 9.99. The van der Waals surface area contributed by atoms with Crippen molar-refractivity contribution in [3.8, 4) is 0 Å². The standard InChI is InChI=1S/C13H25NO9S2/c1-7(2)4-3-5-9(14-23-25(19,20)21)24-13-12(18)11(17)10(16)8(6-15)22-13/h7-8,10-13,15-18H,3-6H2,1-2H3,(H,19,20,21)/b14-9-/t8-,10-,11+,12+,13+/m0/s1. The number of hydrogen-bond acceptors (Lipinski definition) is 10. The first-order chi connectivity index (χ1) is 11.5. The van der Waals surface area contributed by atoms with Crippen molar-refractivity contribution < 1.29 is 42.4 Å². The van der Waals surface area contributed by atoms with Crippen molar-refractivity contribution in [2.75, 3.05) is 6.61 Å². The fourth-order valence-electron chi connectivity index (χ4n) is 2.18. The van der Waals surface area contributed by atoms with Crippen LogP contribution in [0, 0.1) is 5.92 Å². The van der Waals surface area contributed by atoms with Crippen LogP contribution in [0.4, 0.5) is 0 Å². The molecule has 1 heterocycles. The van der Waals surface area contributed by atoms with Gasteiger partial charge in [0.2, 0.25) is 0 Å². The van der Waals surface area contributed by atoms with Crippen LogP contribution in [0.1, 0.15) is 33.1 Å². The molecule has 0 radical (unpaired) electrons. The Hall–Kier alpha value is -0.470.